The maximum absolute atomic E-state index is 5.38. The Kier molecular flexibility index (Phi) is 2.37. The number of nitrogens with zero attached hydrogens (tertiary/aromatic N) is 1. The Hall–Kier alpha value is -1.55. The van der Waals surface area contributed by atoms with Crippen molar-refractivity contribution in [3.05, 3.63) is 35.4 Å². The second kappa shape index (κ2) is 3.67. The fourth-order valence-electron chi connectivity index (χ4n) is 1.98. The van der Waals surface area contributed by atoms with E-state index in [-0.39, 0.29) is 0 Å². The molecule has 0 aromatic heterocycles. The Balaban J connectivity index is 2.51. The summed E-state index contributed by atoms with van der Waals surface area (Å²) in [6, 6.07) is 8.53. The molecular weight excluding hydrogens is 170 g/mol. The Bertz CT molecular complexity index is 421. The minimum absolute atomic E-state index is 0.730. The van der Waals surface area contributed by atoms with Gasteiger partial charge >= 0.3 is 0 Å². The van der Waals surface area contributed by atoms with Gasteiger partial charge in [-0.1, -0.05) is 24.1 Å². The monoisotopic (exact) mass is 184 g/mol. The Morgan fingerprint density at radius 3 is 3.00 bits per heavy atom. The molecular formula is C13H14N+. The van der Waals surface area contributed by atoms with Crippen molar-refractivity contribution in [1.29, 1.82) is 0 Å². The quantitative estimate of drug-likeness (QED) is 0.461. The molecule has 1 nitrogen and oxygen atoms in total. The third-order valence-corrected chi connectivity index (χ3v) is 2.78. The van der Waals surface area contributed by atoms with Gasteiger partial charge in [0, 0.05) is 12.0 Å². The van der Waals surface area contributed by atoms with Crippen LogP contribution in [0.5, 0.6) is 0 Å². The van der Waals surface area contributed by atoms with Gasteiger partial charge in [-0.3, -0.25) is 0 Å². The molecule has 70 valence electrons. The lowest BCUT2D eigenvalue weighted by molar-refractivity contribution is -0.498. The first-order chi connectivity index (χ1) is 6.83. The lowest BCUT2D eigenvalue weighted by Gasteiger charge is -2.14. The first-order valence-corrected chi connectivity index (χ1v) is 4.91. The highest BCUT2D eigenvalue weighted by Crippen LogP contribution is 2.16. The lowest BCUT2D eigenvalue weighted by Crippen LogP contribution is -2.26. The highest BCUT2D eigenvalue weighted by molar-refractivity contribution is 6.00. The van der Waals surface area contributed by atoms with Crippen molar-refractivity contribution < 1.29 is 4.58 Å². The van der Waals surface area contributed by atoms with E-state index in [1.165, 1.54) is 16.8 Å². The van der Waals surface area contributed by atoms with Gasteiger partial charge < -0.3 is 0 Å². The van der Waals surface area contributed by atoms with Gasteiger partial charge in [0.2, 0.25) is 0 Å². The molecule has 0 atom stereocenters. The van der Waals surface area contributed by atoms with Gasteiger partial charge in [-0.05, 0) is 11.6 Å². The Morgan fingerprint density at radius 1 is 1.43 bits per heavy atom. The zero-order valence-electron chi connectivity index (χ0n) is 8.46. The summed E-state index contributed by atoms with van der Waals surface area (Å²) in [6.07, 6.45) is 7.24. The van der Waals surface area contributed by atoms with Crippen LogP contribution in [-0.2, 0) is 6.42 Å². The second-order valence-electron chi connectivity index (χ2n) is 3.66. The van der Waals surface area contributed by atoms with Crippen LogP contribution in [0.25, 0.3) is 0 Å². The molecule has 0 N–H and O–H groups in total. The molecule has 1 aliphatic rings. The van der Waals surface area contributed by atoms with Gasteiger partial charge in [-0.2, -0.15) is 0 Å². The average Bonchev–Trinajstić information content (AvgIpc) is 2.23. The smallest absolute Gasteiger partial charge is 0.195 e. The maximum Gasteiger partial charge on any atom is 0.195 e. The largest absolute Gasteiger partial charge is 0.234 e. The lowest BCUT2D eigenvalue weighted by atomic mass is 9.95. The van der Waals surface area contributed by atoms with E-state index in [0.29, 0.717) is 0 Å². The van der Waals surface area contributed by atoms with Crippen LogP contribution in [0, 0.1) is 12.3 Å². The molecule has 0 bridgehead atoms. The average molecular weight is 184 g/mol. The summed E-state index contributed by atoms with van der Waals surface area (Å²) in [7, 11) is 2.11. The summed E-state index contributed by atoms with van der Waals surface area (Å²) in [5.41, 5.74) is 4.05. The van der Waals surface area contributed by atoms with E-state index >= 15 is 0 Å². The molecule has 0 unspecified atom stereocenters. The molecule has 0 saturated heterocycles. The minimum Gasteiger partial charge on any atom is -0.234 e. The van der Waals surface area contributed by atoms with Crippen molar-refractivity contribution in [2.45, 2.75) is 12.8 Å². The summed E-state index contributed by atoms with van der Waals surface area (Å²) >= 11 is 0. The minimum atomic E-state index is 0.730. The first kappa shape index (κ1) is 9.02. The Labute approximate surface area is 85.1 Å². The van der Waals surface area contributed by atoms with Crippen molar-refractivity contribution >= 4 is 5.71 Å². The van der Waals surface area contributed by atoms with Crippen LogP contribution in [0.15, 0.2) is 24.3 Å². The van der Waals surface area contributed by atoms with Crippen molar-refractivity contribution in [3.8, 4) is 12.3 Å². The molecule has 1 aliphatic heterocycles. The van der Waals surface area contributed by atoms with Gasteiger partial charge in [0.1, 0.15) is 13.6 Å². The van der Waals surface area contributed by atoms with Gasteiger partial charge in [-0.15, -0.1) is 6.42 Å². The van der Waals surface area contributed by atoms with E-state index in [1.807, 2.05) is 0 Å². The molecule has 0 saturated carbocycles. The highest BCUT2D eigenvalue weighted by atomic mass is 15.0. The number of benzene rings is 1. The summed E-state index contributed by atoms with van der Waals surface area (Å²) in [5, 5.41) is 0. The summed E-state index contributed by atoms with van der Waals surface area (Å²) in [5.74, 6) is 2.73. The van der Waals surface area contributed by atoms with Crippen molar-refractivity contribution in [3.63, 3.8) is 0 Å². The molecule has 0 amide bonds. The van der Waals surface area contributed by atoms with Crippen LogP contribution >= 0.6 is 0 Å². The van der Waals surface area contributed by atoms with E-state index in [0.717, 1.165) is 19.4 Å². The number of likely N-dealkylation sites (N-methyl/N-ethyl adjacent to an activating group) is 1. The van der Waals surface area contributed by atoms with E-state index in [2.05, 4.69) is 41.8 Å². The van der Waals surface area contributed by atoms with E-state index < -0.39 is 0 Å². The van der Waals surface area contributed by atoms with Gasteiger partial charge in [0.15, 0.2) is 5.71 Å². The number of hydrogen-bond acceptors (Lipinski definition) is 0. The van der Waals surface area contributed by atoms with E-state index in [9.17, 15) is 0 Å². The number of terminal acetylenes is 1. The molecule has 14 heavy (non-hydrogen) atoms. The standard InChI is InChI=1S/C13H14N/c1-3-6-13-12-8-5-4-7-11(12)9-10-14(13)2/h1,4-5,7-8H,6,9-10H2,2H3/q+1. The SMILES string of the molecule is C#CCC1=[N+](C)CCc2ccccc21. The maximum atomic E-state index is 5.38. The van der Waals surface area contributed by atoms with Crippen molar-refractivity contribution in [2.75, 3.05) is 13.6 Å². The van der Waals surface area contributed by atoms with Gasteiger partial charge in [0.05, 0.1) is 6.42 Å². The van der Waals surface area contributed by atoms with E-state index in [1.54, 1.807) is 0 Å². The molecule has 0 aliphatic carbocycles. The molecule has 2 rings (SSSR count). The van der Waals surface area contributed by atoms with E-state index in [4.69, 9.17) is 6.42 Å². The van der Waals surface area contributed by atoms with Crippen LogP contribution in [-0.4, -0.2) is 23.9 Å². The molecule has 1 aromatic rings. The number of fused-ring (bicyclic) bond motifs is 1. The Morgan fingerprint density at radius 2 is 2.21 bits per heavy atom. The van der Waals surface area contributed by atoms with Crippen LogP contribution in [0.4, 0.5) is 0 Å². The molecule has 0 radical (unpaired) electrons. The molecule has 1 heterocycles. The second-order valence-corrected chi connectivity index (χ2v) is 3.66. The molecule has 1 aromatic carbocycles. The summed E-state index contributed by atoms with van der Waals surface area (Å²) < 4.78 is 2.27. The van der Waals surface area contributed by atoms with Crippen molar-refractivity contribution in [2.24, 2.45) is 0 Å². The predicted octanol–water partition coefficient (Wildman–Crippen LogP) is 1.70. The van der Waals surface area contributed by atoms with Crippen LogP contribution in [0.2, 0.25) is 0 Å². The predicted molar refractivity (Wildman–Crippen MR) is 58.8 cm³/mol. The van der Waals surface area contributed by atoms with Crippen molar-refractivity contribution in [1.82, 2.24) is 0 Å². The summed E-state index contributed by atoms with van der Waals surface area (Å²) in [6.45, 7) is 1.08. The summed E-state index contributed by atoms with van der Waals surface area (Å²) in [4.78, 5) is 0. The number of hydrogen-bond donors (Lipinski definition) is 0. The first-order valence-electron chi connectivity index (χ1n) is 4.91. The van der Waals surface area contributed by atoms with Crippen LogP contribution in [0.3, 0.4) is 0 Å². The molecule has 0 spiro atoms. The normalized spacial score (nSPS) is 14.9. The fraction of sp³-hybridized carbons (Fsp3) is 0.308. The number of rotatable bonds is 1. The topological polar surface area (TPSA) is 3.01 Å². The molecule has 0 fully saturated rings. The van der Waals surface area contributed by atoms with Gasteiger partial charge in [0.25, 0.3) is 0 Å². The third-order valence-electron chi connectivity index (χ3n) is 2.78. The molecule has 1 heteroatoms. The fourth-order valence-corrected chi connectivity index (χ4v) is 1.98. The van der Waals surface area contributed by atoms with Crippen LogP contribution < -0.4 is 0 Å². The van der Waals surface area contributed by atoms with Gasteiger partial charge in [-0.25, -0.2) is 4.58 Å². The highest BCUT2D eigenvalue weighted by Gasteiger charge is 2.21. The zero-order chi connectivity index (χ0) is 9.97. The zero-order valence-corrected chi connectivity index (χ0v) is 8.46. The van der Waals surface area contributed by atoms with Crippen LogP contribution in [0.1, 0.15) is 17.5 Å². The third kappa shape index (κ3) is 1.44.